The van der Waals surface area contributed by atoms with Crippen LogP contribution in [-0.2, 0) is 25.6 Å². The van der Waals surface area contributed by atoms with E-state index >= 15 is 0 Å². The Kier molecular flexibility index (Phi) is 12.0. The minimum atomic E-state index is -1.16. The normalized spacial score (nSPS) is 13.8. The Bertz CT molecular complexity index is 739. The number of carboxylic acid groups (broad SMARTS) is 1. The molecule has 180 valence electrons. The van der Waals surface area contributed by atoms with Crippen molar-refractivity contribution in [2.24, 2.45) is 17.4 Å². The number of rotatable bonds is 15. The van der Waals surface area contributed by atoms with Crippen molar-refractivity contribution >= 4 is 23.7 Å². The number of aromatic nitrogens is 2. The third-order valence-electron chi connectivity index (χ3n) is 4.72. The van der Waals surface area contributed by atoms with Crippen LogP contribution in [0.1, 0.15) is 45.2 Å². The van der Waals surface area contributed by atoms with Crippen LogP contribution in [0.4, 0.5) is 0 Å². The summed E-state index contributed by atoms with van der Waals surface area (Å²) in [5.74, 6) is -2.83. The van der Waals surface area contributed by atoms with E-state index in [0.717, 1.165) is 0 Å². The predicted octanol–water partition coefficient (Wildman–Crippen LogP) is -1.37. The van der Waals surface area contributed by atoms with Gasteiger partial charge in [0.15, 0.2) is 0 Å². The minimum Gasteiger partial charge on any atom is -0.480 e. The molecule has 0 spiro atoms. The number of aromatic amines is 1. The third-order valence-corrected chi connectivity index (χ3v) is 4.72. The van der Waals surface area contributed by atoms with Crippen LogP contribution in [0.15, 0.2) is 12.5 Å². The van der Waals surface area contributed by atoms with Gasteiger partial charge in [-0.3, -0.25) is 14.4 Å². The van der Waals surface area contributed by atoms with E-state index in [1.165, 1.54) is 12.5 Å². The highest BCUT2D eigenvalue weighted by atomic mass is 16.4. The van der Waals surface area contributed by atoms with Gasteiger partial charge in [0, 0.05) is 18.3 Å². The van der Waals surface area contributed by atoms with Crippen LogP contribution in [-0.4, -0.2) is 70.0 Å². The summed E-state index contributed by atoms with van der Waals surface area (Å²) in [6.45, 7) is 3.88. The molecular weight excluding hydrogens is 418 g/mol. The summed E-state index contributed by atoms with van der Waals surface area (Å²) in [4.78, 5) is 55.9. The second kappa shape index (κ2) is 14.1. The molecule has 3 unspecified atom stereocenters. The molecule has 12 heteroatoms. The SMILES string of the molecule is CC(C)CC(NC(=O)C(Cc1cnc[nH]1)NC(=O)CN)C(=O)NC(CCCCN)C(=O)O. The van der Waals surface area contributed by atoms with Crippen molar-refractivity contribution in [2.75, 3.05) is 13.1 Å². The molecule has 12 nitrogen and oxygen atoms in total. The number of carboxylic acids is 1. The van der Waals surface area contributed by atoms with Crippen molar-refractivity contribution in [2.45, 2.75) is 64.1 Å². The van der Waals surface area contributed by atoms with Crippen LogP contribution in [0.5, 0.6) is 0 Å². The molecule has 0 bridgehead atoms. The summed E-state index contributed by atoms with van der Waals surface area (Å²) in [6.07, 6.45) is 4.79. The number of hydrogen-bond acceptors (Lipinski definition) is 7. The van der Waals surface area contributed by atoms with Gasteiger partial charge in [0.05, 0.1) is 12.9 Å². The standard InChI is InChI=1S/C20H35N7O5/c1-12(2)7-15(18(29)26-14(20(31)32)5-3-4-6-21)27-19(30)16(25-17(28)9-22)8-13-10-23-11-24-13/h10-12,14-16H,3-9,21-22H2,1-2H3,(H,23,24)(H,25,28)(H,26,29)(H,27,30)(H,31,32). The minimum absolute atomic E-state index is 0.0382. The van der Waals surface area contributed by atoms with Crippen LogP contribution < -0.4 is 27.4 Å². The fourth-order valence-electron chi connectivity index (χ4n) is 3.08. The first-order valence-corrected chi connectivity index (χ1v) is 10.7. The summed E-state index contributed by atoms with van der Waals surface area (Å²) in [7, 11) is 0. The van der Waals surface area contributed by atoms with E-state index in [1.54, 1.807) is 0 Å². The zero-order chi connectivity index (χ0) is 24.1. The highest BCUT2D eigenvalue weighted by Crippen LogP contribution is 2.09. The van der Waals surface area contributed by atoms with E-state index in [9.17, 15) is 24.3 Å². The highest BCUT2D eigenvalue weighted by Gasteiger charge is 2.30. The Labute approximate surface area is 187 Å². The van der Waals surface area contributed by atoms with Crippen molar-refractivity contribution < 1.29 is 24.3 Å². The average Bonchev–Trinajstić information content (AvgIpc) is 3.24. The summed E-state index contributed by atoms with van der Waals surface area (Å²) >= 11 is 0. The summed E-state index contributed by atoms with van der Waals surface area (Å²) in [5, 5.41) is 17.1. The Morgan fingerprint density at radius 2 is 1.69 bits per heavy atom. The number of nitrogens with two attached hydrogens (primary N) is 2. The lowest BCUT2D eigenvalue weighted by Gasteiger charge is -2.25. The molecule has 9 N–H and O–H groups in total. The number of amides is 3. The Balaban J connectivity index is 2.92. The largest absolute Gasteiger partial charge is 0.480 e. The van der Waals surface area contributed by atoms with Crippen molar-refractivity contribution in [1.29, 1.82) is 0 Å². The first-order chi connectivity index (χ1) is 15.2. The second-order valence-electron chi connectivity index (χ2n) is 7.98. The van der Waals surface area contributed by atoms with Crippen molar-refractivity contribution in [3.8, 4) is 0 Å². The molecule has 32 heavy (non-hydrogen) atoms. The topological polar surface area (TPSA) is 205 Å². The van der Waals surface area contributed by atoms with Gasteiger partial charge in [-0.1, -0.05) is 13.8 Å². The molecule has 0 aromatic carbocycles. The number of nitrogens with zero attached hydrogens (tertiary/aromatic N) is 1. The van der Waals surface area contributed by atoms with Gasteiger partial charge in [-0.15, -0.1) is 0 Å². The van der Waals surface area contributed by atoms with Gasteiger partial charge in [-0.25, -0.2) is 9.78 Å². The van der Waals surface area contributed by atoms with E-state index in [0.29, 0.717) is 25.1 Å². The molecule has 0 aliphatic heterocycles. The van der Waals surface area contributed by atoms with Crippen molar-refractivity contribution in [1.82, 2.24) is 25.9 Å². The predicted molar refractivity (Wildman–Crippen MR) is 117 cm³/mol. The molecule has 0 aliphatic carbocycles. The lowest BCUT2D eigenvalue weighted by Crippen LogP contribution is -2.57. The Hall–Kier alpha value is -2.99. The number of unbranched alkanes of at least 4 members (excludes halogenated alkanes) is 1. The lowest BCUT2D eigenvalue weighted by atomic mass is 10.0. The van der Waals surface area contributed by atoms with E-state index in [-0.39, 0.29) is 31.7 Å². The third kappa shape index (κ3) is 9.88. The molecule has 1 aromatic rings. The maximum Gasteiger partial charge on any atom is 0.326 e. The van der Waals surface area contributed by atoms with E-state index in [2.05, 4.69) is 25.9 Å². The second-order valence-corrected chi connectivity index (χ2v) is 7.98. The summed E-state index contributed by atoms with van der Waals surface area (Å²) in [6, 6.07) is -3.05. The highest BCUT2D eigenvalue weighted by molar-refractivity contribution is 5.93. The Morgan fingerprint density at radius 3 is 2.22 bits per heavy atom. The van der Waals surface area contributed by atoms with E-state index in [4.69, 9.17) is 11.5 Å². The molecule has 0 saturated carbocycles. The van der Waals surface area contributed by atoms with Gasteiger partial charge in [-0.05, 0) is 38.1 Å². The smallest absolute Gasteiger partial charge is 0.326 e. The van der Waals surface area contributed by atoms with E-state index < -0.39 is 41.8 Å². The van der Waals surface area contributed by atoms with Gasteiger partial charge < -0.3 is 37.5 Å². The number of nitrogens with one attached hydrogen (secondary N) is 4. The van der Waals surface area contributed by atoms with Crippen molar-refractivity contribution in [3.63, 3.8) is 0 Å². The molecule has 3 atom stereocenters. The van der Waals surface area contributed by atoms with Crippen LogP contribution >= 0.6 is 0 Å². The van der Waals surface area contributed by atoms with Crippen LogP contribution in [0.25, 0.3) is 0 Å². The van der Waals surface area contributed by atoms with Gasteiger partial charge in [0.2, 0.25) is 17.7 Å². The first kappa shape index (κ1) is 27.0. The van der Waals surface area contributed by atoms with Crippen LogP contribution in [0.3, 0.4) is 0 Å². The zero-order valence-electron chi connectivity index (χ0n) is 18.6. The number of imidazole rings is 1. The molecule has 0 aliphatic rings. The fourth-order valence-corrected chi connectivity index (χ4v) is 3.08. The van der Waals surface area contributed by atoms with Gasteiger partial charge in [0.25, 0.3) is 0 Å². The summed E-state index contributed by atoms with van der Waals surface area (Å²) in [5.41, 5.74) is 11.4. The molecule has 3 amide bonds. The number of hydrogen-bond donors (Lipinski definition) is 7. The first-order valence-electron chi connectivity index (χ1n) is 10.7. The molecule has 0 radical (unpaired) electrons. The Morgan fingerprint density at radius 1 is 1.03 bits per heavy atom. The maximum absolute atomic E-state index is 12.9. The van der Waals surface area contributed by atoms with Crippen LogP contribution in [0.2, 0.25) is 0 Å². The molecule has 1 aromatic heterocycles. The summed E-state index contributed by atoms with van der Waals surface area (Å²) < 4.78 is 0. The molecule has 0 saturated heterocycles. The monoisotopic (exact) mass is 453 g/mol. The zero-order valence-corrected chi connectivity index (χ0v) is 18.6. The van der Waals surface area contributed by atoms with Crippen LogP contribution in [0, 0.1) is 5.92 Å². The quantitative estimate of drug-likeness (QED) is 0.157. The fraction of sp³-hybridized carbons (Fsp3) is 0.650. The van der Waals surface area contributed by atoms with Gasteiger partial charge in [0.1, 0.15) is 18.1 Å². The van der Waals surface area contributed by atoms with Gasteiger partial charge >= 0.3 is 5.97 Å². The molecule has 1 heterocycles. The number of carbonyl (C=O) groups is 4. The maximum atomic E-state index is 12.9. The molecule has 0 fully saturated rings. The number of H-pyrrole nitrogens is 1. The number of aliphatic carboxylic acids is 1. The average molecular weight is 454 g/mol. The van der Waals surface area contributed by atoms with Crippen molar-refractivity contribution in [3.05, 3.63) is 18.2 Å². The molecular formula is C20H35N7O5. The lowest BCUT2D eigenvalue weighted by molar-refractivity contribution is -0.142. The van der Waals surface area contributed by atoms with Gasteiger partial charge in [-0.2, -0.15) is 0 Å². The molecule has 1 rings (SSSR count). The van der Waals surface area contributed by atoms with E-state index in [1.807, 2.05) is 13.8 Å². The number of carbonyl (C=O) groups excluding carboxylic acids is 3.